The fraction of sp³-hybridized carbons (Fsp3) is 0.192. The molecule has 1 amide bonds. The van der Waals surface area contributed by atoms with Crippen molar-refractivity contribution in [1.29, 1.82) is 0 Å². The maximum atomic E-state index is 13.8. The van der Waals surface area contributed by atoms with Gasteiger partial charge in [0.15, 0.2) is 0 Å². The van der Waals surface area contributed by atoms with Gasteiger partial charge in [0.25, 0.3) is 17.3 Å². The fourth-order valence-corrected chi connectivity index (χ4v) is 4.29. The number of anilines is 1. The van der Waals surface area contributed by atoms with Gasteiger partial charge in [0.2, 0.25) is 5.76 Å². The molecule has 0 aliphatic heterocycles. The zero-order chi connectivity index (χ0) is 31.1. The van der Waals surface area contributed by atoms with Crippen LogP contribution in [0.1, 0.15) is 47.2 Å². The van der Waals surface area contributed by atoms with Crippen molar-refractivity contribution in [3.05, 3.63) is 90.1 Å². The minimum absolute atomic E-state index is 0.00817. The van der Waals surface area contributed by atoms with Crippen LogP contribution in [0.2, 0.25) is 0 Å². The van der Waals surface area contributed by atoms with Crippen LogP contribution in [0.3, 0.4) is 0 Å². The zero-order valence-corrected chi connectivity index (χ0v) is 23.3. The lowest BCUT2D eigenvalue weighted by Gasteiger charge is -2.20. The van der Waals surface area contributed by atoms with Crippen molar-refractivity contribution in [2.45, 2.75) is 32.5 Å². The van der Waals surface area contributed by atoms with E-state index in [1.807, 2.05) is 0 Å². The van der Waals surface area contributed by atoms with E-state index in [0.29, 0.717) is 4.47 Å². The van der Waals surface area contributed by atoms with Crippen molar-refractivity contribution < 1.29 is 41.9 Å². The first kappa shape index (κ1) is 30.1. The number of nitro groups is 2. The van der Waals surface area contributed by atoms with Crippen LogP contribution in [-0.2, 0) is 10.9 Å². The van der Waals surface area contributed by atoms with E-state index < -0.39 is 67.3 Å². The Kier molecular flexibility index (Phi) is 7.78. The highest BCUT2D eigenvalue weighted by molar-refractivity contribution is 9.10. The number of alkyl halides is 3. The zero-order valence-electron chi connectivity index (χ0n) is 21.7. The highest BCUT2D eigenvalue weighted by atomic mass is 79.9. The Morgan fingerprint density at radius 3 is 2.26 bits per heavy atom. The summed E-state index contributed by atoms with van der Waals surface area (Å²) in [6, 6.07) is 7.85. The summed E-state index contributed by atoms with van der Waals surface area (Å²) < 4.78 is 52.5. The average molecular weight is 651 g/mol. The number of nitrogens with one attached hydrogen (secondary N) is 1. The molecular formula is C26H18BrF3N4O8. The number of nitro benzene ring substituents is 2. The second kappa shape index (κ2) is 10.8. The van der Waals surface area contributed by atoms with Gasteiger partial charge in [-0.05, 0) is 51.1 Å². The van der Waals surface area contributed by atoms with Crippen LogP contribution < -0.4 is 5.32 Å². The maximum Gasteiger partial charge on any atom is 0.417 e. The van der Waals surface area contributed by atoms with Crippen LogP contribution in [0, 0.1) is 20.2 Å². The average Bonchev–Trinajstić information content (AvgIpc) is 3.30. The Hall–Kier alpha value is -4.86. The van der Waals surface area contributed by atoms with E-state index in [1.165, 1.54) is 18.2 Å². The van der Waals surface area contributed by atoms with E-state index in [1.54, 1.807) is 20.8 Å². The monoisotopic (exact) mass is 650 g/mol. The maximum absolute atomic E-state index is 13.8. The number of fused-ring (bicyclic) bond motifs is 1. The van der Waals surface area contributed by atoms with Gasteiger partial charge in [-0.2, -0.15) is 13.2 Å². The summed E-state index contributed by atoms with van der Waals surface area (Å²) in [6.45, 7) is 4.95. The Morgan fingerprint density at radius 1 is 0.976 bits per heavy atom. The van der Waals surface area contributed by atoms with E-state index in [2.05, 4.69) is 26.4 Å². The van der Waals surface area contributed by atoms with Gasteiger partial charge in [-0.25, -0.2) is 4.79 Å². The number of halogens is 4. The first-order chi connectivity index (χ1) is 19.5. The molecule has 0 unspecified atom stereocenters. The number of hydrogen-bond acceptors (Lipinski definition) is 9. The predicted molar refractivity (Wildman–Crippen MR) is 145 cm³/mol. The molecule has 0 bridgehead atoms. The second-order valence-corrected chi connectivity index (χ2v) is 10.7. The minimum Gasteiger partial charge on any atom is -0.456 e. The Balaban J connectivity index is 1.80. The van der Waals surface area contributed by atoms with Gasteiger partial charge in [0, 0.05) is 28.2 Å². The van der Waals surface area contributed by atoms with Crippen molar-refractivity contribution in [2.75, 3.05) is 5.32 Å². The number of benzene rings is 3. The van der Waals surface area contributed by atoms with Crippen molar-refractivity contribution in [1.82, 2.24) is 5.16 Å². The number of aromatic nitrogens is 1. The molecule has 1 N–H and O–H groups in total. The molecule has 218 valence electrons. The Labute approximate surface area is 241 Å². The molecule has 3 aromatic carbocycles. The lowest BCUT2D eigenvalue weighted by atomic mass is 9.95. The minimum atomic E-state index is -5.10. The van der Waals surface area contributed by atoms with Crippen molar-refractivity contribution >= 4 is 55.8 Å². The van der Waals surface area contributed by atoms with E-state index >= 15 is 0 Å². The lowest BCUT2D eigenvalue weighted by molar-refractivity contribution is -0.385. The van der Waals surface area contributed by atoms with E-state index in [9.17, 15) is 43.0 Å². The van der Waals surface area contributed by atoms with Crippen LogP contribution >= 0.6 is 15.9 Å². The first-order valence-electron chi connectivity index (χ1n) is 11.7. The van der Waals surface area contributed by atoms with Crippen LogP contribution in [0.25, 0.3) is 22.0 Å². The summed E-state index contributed by atoms with van der Waals surface area (Å²) in [5.41, 5.74) is -5.56. The molecule has 42 heavy (non-hydrogen) atoms. The number of carbonyl (C=O) groups excluding carboxylic acids is 2. The summed E-state index contributed by atoms with van der Waals surface area (Å²) in [4.78, 5) is 46.9. The van der Waals surface area contributed by atoms with Gasteiger partial charge in [-0.3, -0.25) is 25.0 Å². The Bertz CT molecular complexity index is 1780. The van der Waals surface area contributed by atoms with Gasteiger partial charge in [-0.1, -0.05) is 21.1 Å². The highest BCUT2D eigenvalue weighted by Gasteiger charge is 2.37. The van der Waals surface area contributed by atoms with Gasteiger partial charge in [0.1, 0.15) is 11.1 Å². The van der Waals surface area contributed by atoms with Crippen LogP contribution in [0.4, 0.5) is 30.2 Å². The Morgan fingerprint density at radius 2 is 1.67 bits per heavy atom. The third-order valence-electron chi connectivity index (χ3n) is 5.66. The molecule has 0 aliphatic rings. The summed E-state index contributed by atoms with van der Waals surface area (Å²) in [7, 11) is 0. The number of rotatable bonds is 6. The lowest BCUT2D eigenvalue weighted by Crippen LogP contribution is -2.25. The van der Waals surface area contributed by atoms with Gasteiger partial charge < -0.3 is 14.6 Å². The van der Waals surface area contributed by atoms with Gasteiger partial charge in [0.05, 0.1) is 37.6 Å². The number of ether oxygens (including phenoxy) is 1. The van der Waals surface area contributed by atoms with Crippen molar-refractivity contribution in [3.8, 4) is 11.1 Å². The molecule has 1 aromatic heterocycles. The summed E-state index contributed by atoms with van der Waals surface area (Å²) >= 11 is 3.24. The molecule has 0 fully saturated rings. The fourth-order valence-electron chi connectivity index (χ4n) is 3.93. The van der Waals surface area contributed by atoms with E-state index in [-0.39, 0.29) is 28.2 Å². The summed E-state index contributed by atoms with van der Waals surface area (Å²) in [6.07, 6.45) is -5.10. The van der Waals surface area contributed by atoms with Crippen LogP contribution in [-0.4, -0.2) is 32.5 Å². The molecule has 1 heterocycles. The van der Waals surface area contributed by atoms with E-state index in [0.717, 1.165) is 24.3 Å². The third kappa shape index (κ3) is 6.22. The van der Waals surface area contributed by atoms with E-state index in [4.69, 9.17) is 9.26 Å². The number of hydrogen-bond donors (Lipinski definition) is 1. The molecule has 0 saturated heterocycles. The molecule has 0 spiro atoms. The molecule has 0 saturated carbocycles. The molecule has 0 aliphatic carbocycles. The topological polar surface area (TPSA) is 168 Å². The van der Waals surface area contributed by atoms with Gasteiger partial charge >= 0.3 is 12.1 Å². The molecule has 0 atom stereocenters. The smallest absolute Gasteiger partial charge is 0.417 e. The number of non-ortho nitro benzene ring substituents is 1. The van der Waals surface area contributed by atoms with Crippen molar-refractivity contribution in [2.24, 2.45) is 0 Å². The number of carbonyl (C=O) groups is 2. The molecule has 4 aromatic rings. The molecule has 12 nitrogen and oxygen atoms in total. The number of nitrogens with zero attached hydrogens (tertiary/aromatic N) is 3. The molecule has 4 rings (SSSR count). The third-order valence-corrected chi connectivity index (χ3v) is 6.15. The quantitative estimate of drug-likeness (QED) is 0.128. The van der Waals surface area contributed by atoms with Crippen LogP contribution in [0.5, 0.6) is 0 Å². The number of esters is 1. The second-order valence-electron chi connectivity index (χ2n) is 9.79. The summed E-state index contributed by atoms with van der Waals surface area (Å²) in [5, 5.41) is 28.9. The predicted octanol–water partition coefficient (Wildman–Crippen LogP) is 7.30. The SMILES string of the molecule is CC(C)(C)OC(=O)c1cc(Br)ccc1NC(=O)c1onc2cc(-c3ccc([N+](=O)[O-])cc3C(F)(F)F)c([N+](=O)[O-])cc12. The number of amides is 1. The van der Waals surface area contributed by atoms with Gasteiger partial charge in [-0.15, -0.1) is 0 Å². The molecular weight excluding hydrogens is 633 g/mol. The van der Waals surface area contributed by atoms with Crippen molar-refractivity contribution in [3.63, 3.8) is 0 Å². The first-order valence-corrected chi connectivity index (χ1v) is 12.5. The normalized spacial score (nSPS) is 11.8. The highest BCUT2D eigenvalue weighted by Crippen LogP contribution is 2.43. The largest absolute Gasteiger partial charge is 0.456 e. The molecule has 0 radical (unpaired) electrons. The summed E-state index contributed by atoms with van der Waals surface area (Å²) in [5.74, 6) is -2.26. The standard InChI is InChI=1S/C26H18BrF3N4O8/c1-25(2,3)41-24(36)17-8-12(27)4-7-19(17)31-23(35)22-16-11-21(34(39)40)15(10-20(16)32-42-22)14-6-5-13(33(37)38)9-18(14)26(28,29)30/h4-11H,1-3H3,(H,31,35). The molecule has 16 heteroatoms. The van der Waals surface area contributed by atoms with Crippen LogP contribution in [0.15, 0.2) is 57.5 Å².